The number of nitrogens with zero attached hydrogens (tertiary/aromatic N) is 2. The molecule has 1 heterocycles. The van der Waals surface area contributed by atoms with E-state index in [1.54, 1.807) is 0 Å². The quantitative estimate of drug-likeness (QED) is 0.806. The molecular weight excluding hydrogens is 280 g/mol. The van der Waals surface area contributed by atoms with Crippen LogP contribution >= 0.6 is 11.5 Å². The van der Waals surface area contributed by atoms with E-state index in [1.165, 1.54) is 17.1 Å². The summed E-state index contributed by atoms with van der Waals surface area (Å²) in [4.78, 5) is 4.52. The maximum atomic E-state index is 4.52. The van der Waals surface area contributed by atoms with E-state index >= 15 is 0 Å². The molecule has 0 atom stereocenters. The van der Waals surface area contributed by atoms with Crippen molar-refractivity contribution in [1.29, 1.82) is 0 Å². The molecule has 2 aromatic rings. The van der Waals surface area contributed by atoms with Crippen LogP contribution in [0, 0.1) is 5.92 Å². The lowest BCUT2D eigenvalue weighted by Crippen LogP contribution is -2.10. The van der Waals surface area contributed by atoms with Gasteiger partial charge in [-0.2, -0.15) is 4.37 Å². The molecule has 0 radical (unpaired) electrons. The van der Waals surface area contributed by atoms with Gasteiger partial charge in [0.2, 0.25) is 5.13 Å². The lowest BCUT2D eigenvalue weighted by atomic mass is 10.1. The average Bonchev–Trinajstić information content (AvgIpc) is 2.83. The van der Waals surface area contributed by atoms with Crippen LogP contribution in [0.1, 0.15) is 39.1 Å². The van der Waals surface area contributed by atoms with Crippen molar-refractivity contribution in [3.63, 3.8) is 0 Å². The van der Waals surface area contributed by atoms with E-state index in [1.807, 2.05) is 0 Å². The Morgan fingerprint density at radius 1 is 1.19 bits per heavy atom. The summed E-state index contributed by atoms with van der Waals surface area (Å²) in [6.45, 7) is 9.41. The molecule has 114 valence electrons. The van der Waals surface area contributed by atoms with Gasteiger partial charge in [0.1, 0.15) is 5.82 Å². The van der Waals surface area contributed by atoms with Crippen LogP contribution in [0.3, 0.4) is 0 Å². The molecule has 0 saturated heterocycles. The second-order valence-electron chi connectivity index (χ2n) is 5.97. The second-order valence-corrected chi connectivity index (χ2v) is 6.72. The van der Waals surface area contributed by atoms with Crippen molar-refractivity contribution in [3.05, 3.63) is 35.7 Å². The molecule has 2 rings (SSSR count). The minimum Gasteiger partial charge on any atom is -0.383 e. The third kappa shape index (κ3) is 5.34. The molecule has 5 heteroatoms. The summed E-state index contributed by atoms with van der Waals surface area (Å²) in [5, 5.41) is 7.66. The highest BCUT2D eigenvalue weighted by Crippen LogP contribution is 2.17. The van der Waals surface area contributed by atoms with E-state index in [-0.39, 0.29) is 0 Å². The largest absolute Gasteiger partial charge is 0.383 e. The maximum absolute atomic E-state index is 4.52. The van der Waals surface area contributed by atoms with Crippen LogP contribution in [0.25, 0.3) is 0 Å². The SMILES string of the molecule is CC(C)Cc1nsc(NCc2cccc(NC(C)C)c2)n1. The molecule has 4 nitrogen and oxygen atoms in total. The van der Waals surface area contributed by atoms with Gasteiger partial charge in [-0.15, -0.1) is 0 Å². The first-order valence-electron chi connectivity index (χ1n) is 7.45. The predicted molar refractivity (Wildman–Crippen MR) is 91.0 cm³/mol. The van der Waals surface area contributed by atoms with E-state index in [0.29, 0.717) is 12.0 Å². The molecule has 0 aliphatic carbocycles. The monoisotopic (exact) mass is 304 g/mol. The van der Waals surface area contributed by atoms with Gasteiger partial charge in [0.15, 0.2) is 0 Å². The Morgan fingerprint density at radius 3 is 2.71 bits per heavy atom. The van der Waals surface area contributed by atoms with E-state index in [2.05, 4.69) is 72.0 Å². The average molecular weight is 304 g/mol. The summed E-state index contributed by atoms with van der Waals surface area (Å²) in [6, 6.07) is 8.90. The van der Waals surface area contributed by atoms with Gasteiger partial charge in [-0.25, -0.2) is 4.98 Å². The highest BCUT2D eigenvalue weighted by molar-refractivity contribution is 7.09. The van der Waals surface area contributed by atoms with Gasteiger partial charge < -0.3 is 10.6 Å². The van der Waals surface area contributed by atoms with E-state index in [0.717, 1.165) is 29.6 Å². The molecular formula is C16H24N4S. The Morgan fingerprint density at radius 2 is 2.00 bits per heavy atom. The minimum atomic E-state index is 0.440. The number of aromatic nitrogens is 2. The molecule has 0 saturated carbocycles. The second kappa shape index (κ2) is 7.41. The Bertz CT molecular complexity index is 563. The predicted octanol–water partition coefficient (Wildman–Crippen LogP) is 4.17. The molecule has 0 spiro atoms. The number of rotatable bonds is 7. The van der Waals surface area contributed by atoms with Crippen LogP contribution < -0.4 is 10.6 Å². The maximum Gasteiger partial charge on any atom is 0.202 e. The zero-order valence-corrected chi connectivity index (χ0v) is 14.0. The molecule has 1 aromatic carbocycles. The van der Waals surface area contributed by atoms with Crippen molar-refractivity contribution in [2.45, 2.75) is 46.7 Å². The summed E-state index contributed by atoms with van der Waals surface area (Å²) in [7, 11) is 0. The van der Waals surface area contributed by atoms with Gasteiger partial charge in [0, 0.05) is 36.2 Å². The Hall–Kier alpha value is -1.62. The molecule has 0 unspecified atom stereocenters. The van der Waals surface area contributed by atoms with Crippen molar-refractivity contribution in [2.75, 3.05) is 10.6 Å². The summed E-state index contributed by atoms with van der Waals surface area (Å²) >= 11 is 1.44. The normalized spacial score (nSPS) is 11.1. The van der Waals surface area contributed by atoms with Crippen LogP contribution in [0.15, 0.2) is 24.3 Å². The third-order valence-corrected chi connectivity index (χ3v) is 3.60. The van der Waals surface area contributed by atoms with Crippen molar-refractivity contribution >= 4 is 22.4 Å². The highest BCUT2D eigenvalue weighted by atomic mass is 32.1. The molecule has 0 aliphatic heterocycles. The Kier molecular flexibility index (Phi) is 5.56. The van der Waals surface area contributed by atoms with E-state index in [9.17, 15) is 0 Å². The topological polar surface area (TPSA) is 49.8 Å². The van der Waals surface area contributed by atoms with Gasteiger partial charge in [-0.3, -0.25) is 0 Å². The molecule has 0 amide bonds. The fourth-order valence-electron chi connectivity index (χ4n) is 2.06. The molecule has 0 aliphatic rings. The number of benzene rings is 1. The first-order valence-corrected chi connectivity index (χ1v) is 8.22. The minimum absolute atomic E-state index is 0.440. The fraction of sp³-hybridized carbons (Fsp3) is 0.500. The van der Waals surface area contributed by atoms with Crippen LogP contribution in [0.2, 0.25) is 0 Å². The van der Waals surface area contributed by atoms with Crippen molar-refractivity contribution in [2.24, 2.45) is 5.92 Å². The third-order valence-electron chi connectivity index (χ3n) is 2.88. The number of anilines is 2. The van der Waals surface area contributed by atoms with E-state index < -0.39 is 0 Å². The Balaban J connectivity index is 1.92. The van der Waals surface area contributed by atoms with Gasteiger partial charge in [0.05, 0.1) is 0 Å². The summed E-state index contributed by atoms with van der Waals surface area (Å²) in [6.07, 6.45) is 0.936. The van der Waals surface area contributed by atoms with Crippen LogP contribution in [-0.4, -0.2) is 15.4 Å². The van der Waals surface area contributed by atoms with Crippen molar-refractivity contribution in [3.8, 4) is 0 Å². The zero-order chi connectivity index (χ0) is 15.2. The van der Waals surface area contributed by atoms with Crippen molar-refractivity contribution in [1.82, 2.24) is 9.36 Å². The standard InChI is InChI=1S/C16H24N4S/c1-11(2)8-15-19-16(21-20-15)17-10-13-6-5-7-14(9-13)18-12(3)4/h5-7,9,11-12,18H,8,10H2,1-4H3,(H,17,19,20). The van der Waals surface area contributed by atoms with Gasteiger partial charge in [0.25, 0.3) is 0 Å². The summed E-state index contributed by atoms with van der Waals surface area (Å²) in [5.41, 5.74) is 2.39. The first-order chi connectivity index (χ1) is 10.0. The molecule has 1 aromatic heterocycles. The van der Waals surface area contributed by atoms with Crippen LogP contribution in [-0.2, 0) is 13.0 Å². The number of hydrogen-bond acceptors (Lipinski definition) is 5. The molecule has 0 bridgehead atoms. The first kappa shape index (κ1) is 15.8. The van der Waals surface area contributed by atoms with Gasteiger partial charge in [-0.1, -0.05) is 26.0 Å². The lowest BCUT2D eigenvalue weighted by Gasteiger charge is -2.11. The lowest BCUT2D eigenvalue weighted by molar-refractivity contribution is 0.627. The van der Waals surface area contributed by atoms with E-state index in [4.69, 9.17) is 0 Å². The summed E-state index contributed by atoms with van der Waals surface area (Å²) < 4.78 is 4.38. The smallest absolute Gasteiger partial charge is 0.202 e. The molecule has 0 fully saturated rings. The Labute approximate surface area is 131 Å². The molecule has 21 heavy (non-hydrogen) atoms. The van der Waals surface area contributed by atoms with Crippen LogP contribution in [0.4, 0.5) is 10.8 Å². The fourth-order valence-corrected chi connectivity index (χ4v) is 2.65. The summed E-state index contributed by atoms with van der Waals surface area (Å²) in [5.74, 6) is 1.53. The molecule has 2 N–H and O–H groups in total. The van der Waals surface area contributed by atoms with Gasteiger partial charge in [-0.05, 0) is 37.5 Å². The van der Waals surface area contributed by atoms with Gasteiger partial charge >= 0.3 is 0 Å². The number of nitrogens with one attached hydrogen (secondary N) is 2. The van der Waals surface area contributed by atoms with Crippen molar-refractivity contribution < 1.29 is 0 Å². The highest BCUT2D eigenvalue weighted by Gasteiger charge is 2.06. The zero-order valence-electron chi connectivity index (χ0n) is 13.2. The van der Waals surface area contributed by atoms with Crippen LogP contribution in [0.5, 0.6) is 0 Å². The number of hydrogen-bond donors (Lipinski definition) is 2.